The summed E-state index contributed by atoms with van der Waals surface area (Å²) in [5.41, 5.74) is 5.38. The summed E-state index contributed by atoms with van der Waals surface area (Å²) in [4.78, 5) is 27.2. The van der Waals surface area contributed by atoms with Crippen molar-refractivity contribution in [2.75, 3.05) is 11.9 Å². The number of nitrogens with zero attached hydrogens (tertiary/aromatic N) is 1. The zero-order valence-electron chi connectivity index (χ0n) is 17.5. The molecule has 0 aliphatic carbocycles. The third-order valence-corrected chi connectivity index (χ3v) is 6.51. The van der Waals surface area contributed by atoms with E-state index in [9.17, 15) is 9.59 Å². The van der Waals surface area contributed by atoms with E-state index in [1.165, 1.54) is 22.9 Å². The predicted molar refractivity (Wildman–Crippen MR) is 129 cm³/mol. The van der Waals surface area contributed by atoms with Crippen molar-refractivity contribution in [1.29, 1.82) is 0 Å². The number of thiocarbonyl (C=S) groups is 1. The van der Waals surface area contributed by atoms with E-state index >= 15 is 0 Å². The summed E-state index contributed by atoms with van der Waals surface area (Å²) in [6, 6.07) is 14.0. The van der Waals surface area contributed by atoms with Crippen LogP contribution in [0.4, 0.5) is 5.69 Å². The van der Waals surface area contributed by atoms with E-state index in [0.29, 0.717) is 28.6 Å². The second-order valence-corrected chi connectivity index (χ2v) is 9.06. The largest absolute Gasteiger partial charge is 0.326 e. The highest BCUT2D eigenvalue weighted by molar-refractivity contribution is 8.26. The Hall–Kier alpha value is -2.44. The molecule has 2 aromatic rings. The van der Waals surface area contributed by atoms with Gasteiger partial charge in [-0.05, 0) is 67.2 Å². The minimum absolute atomic E-state index is 0.0600. The number of hydrogen-bond acceptors (Lipinski definition) is 4. The molecule has 0 spiro atoms. The molecule has 3 rings (SSSR count). The quantitative estimate of drug-likeness (QED) is 0.459. The van der Waals surface area contributed by atoms with E-state index in [2.05, 4.69) is 24.4 Å². The Labute approximate surface area is 187 Å². The minimum Gasteiger partial charge on any atom is -0.326 e. The Morgan fingerprint density at radius 1 is 1.13 bits per heavy atom. The van der Waals surface area contributed by atoms with E-state index in [4.69, 9.17) is 12.2 Å². The molecule has 2 aromatic carbocycles. The second kappa shape index (κ2) is 10.0. The number of hydrogen-bond donors (Lipinski definition) is 1. The number of aryl methyl sites for hydroxylation is 3. The topological polar surface area (TPSA) is 49.4 Å². The number of anilines is 1. The van der Waals surface area contributed by atoms with Crippen LogP contribution in [0, 0.1) is 13.8 Å². The number of thioether (sulfide) groups is 1. The van der Waals surface area contributed by atoms with Gasteiger partial charge in [-0.1, -0.05) is 61.2 Å². The van der Waals surface area contributed by atoms with E-state index in [0.717, 1.165) is 23.2 Å². The van der Waals surface area contributed by atoms with Crippen LogP contribution >= 0.6 is 24.0 Å². The molecule has 0 radical (unpaired) electrons. The van der Waals surface area contributed by atoms with Crippen LogP contribution in [0.15, 0.2) is 47.4 Å². The summed E-state index contributed by atoms with van der Waals surface area (Å²) < 4.78 is 0.547. The average Bonchev–Trinajstić information content (AvgIpc) is 2.98. The second-order valence-electron chi connectivity index (χ2n) is 7.38. The van der Waals surface area contributed by atoms with E-state index in [-0.39, 0.29) is 11.8 Å². The van der Waals surface area contributed by atoms with Crippen LogP contribution < -0.4 is 5.32 Å². The Balaban J connectivity index is 1.53. The first-order chi connectivity index (χ1) is 14.4. The van der Waals surface area contributed by atoms with Gasteiger partial charge >= 0.3 is 0 Å². The fourth-order valence-corrected chi connectivity index (χ4v) is 4.44. The van der Waals surface area contributed by atoms with E-state index < -0.39 is 0 Å². The molecule has 0 unspecified atom stereocenters. The smallest absolute Gasteiger partial charge is 0.266 e. The van der Waals surface area contributed by atoms with E-state index in [1.807, 2.05) is 50.3 Å². The van der Waals surface area contributed by atoms with Crippen LogP contribution in [0.25, 0.3) is 6.08 Å². The average molecular weight is 439 g/mol. The van der Waals surface area contributed by atoms with Crippen LogP contribution in [0.3, 0.4) is 0 Å². The van der Waals surface area contributed by atoms with Gasteiger partial charge in [-0.2, -0.15) is 0 Å². The van der Waals surface area contributed by atoms with Gasteiger partial charge in [0.1, 0.15) is 4.32 Å². The summed E-state index contributed by atoms with van der Waals surface area (Å²) in [7, 11) is 0. The number of carbonyl (C=O) groups excluding carboxylic acids is 2. The molecule has 156 valence electrons. The molecule has 1 heterocycles. The van der Waals surface area contributed by atoms with Crippen LogP contribution in [-0.2, 0) is 16.0 Å². The van der Waals surface area contributed by atoms with Crippen molar-refractivity contribution in [3.8, 4) is 0 Å². The molecule has 1 fully saturated rings. The van der Waals surface area contributed by atoms with Gasteiger partial charge in [-0.15, -0.1) is 0 Å². The van der Waals surface area contributed by atoms with Crippen molar-refractivity contribution in [2.45, 2.75) is 40.0 Å². The van der Waals surface area contributed by atoms with Gasteiger partial charge in [-0.3, -0.25) is 14.5 Å². The molecule has 0 saturated carbocycles. The van der Waals surface area contributed by atoms with Crippen LogP contribution in [0.2, 0.25) is 0 Å². The maximum Gasteiger partial charge on any atom is 0.266 e. The molecule has 30 heavy (non-hydrogen) atoms. The minimum atomic E-state index is -0.0841. The van der Waals surface area contributed by atoms with Crippen LogP contribution in [-0.4, -0.2) is 27.6 Å². The van der Waals surface area contributed by atoms with Crippen molar-refractivity contribution < 1.29 is 9.59 Å². The van der Waals surface area contributed by atoms with E-state index in [1.54, 1.807) is 4.90 Å². The highest BCUT2D eigenvalue weighted by Crippen LogP contribution is 2.32. The zero-order valence-corrected chi connectivity index (χ0v) is 19.2. The molecular weight excluding hydrogens is 412 g/mol. The number of benzene rings is 2. The summed E-state index contributed by atoms with van der Waals surface area (Å²) >= 11 is 6.71. The zero-order chi connectivity index (χ0) is 21.7. The molecule has 6 heteroatoms. The summed E-state index contributed by atoms with van der Waals surface area (Å²) in [6.45, 7) is 6.61. The van der Waals surface area contributed by atoms with Gasteiger partial charge in [0.15, 0.2) is 0 Å². The molecule has 4 nitrogen and oxygen atoms in total. The summed E-state index contributed by atoms with van der Waals surface area (Å²) in [6.07, 6.45) is 3.76. The molecular formula is C24H26N2O2S2. The fourth-order valence-electron chi connectivity index (χ4n) is 3.13. The Kier molecular flexibility index (Phi) is 7.45. The first-order valence-corrected chi connectivity index (χ1v) is 11.3. The predicted octanol–water partition coefficient (Wildman–Crippen LogP) is 5.49. The molecule has 1 saturated heterocycles. The lowest BCUT2D eigenvalue weighted by Gasteiger charge is -2.14. The maximum absolute atomic E-state index is 12.7. The van der Waals surface area contributed by atoms with Gasteiger partial charge in [0.05, 0.1) is 4.91 Å². The number of nitrogens with one attached hydrogen (secondary N) is 1. The molecule has 1 aliphatic rings. The van der Waals surface area contributed by atoms with Crippen molar-refractivity contribution in [1.82, 2.24) is 4.90 Å². The maximum atomic E-state index is 12.7. The Morgan fingerprint density at radius 2 is 1.87 bits per heavy atom. The lowest BCUT2D eigenvalue weighted by molar-refractivity contribution is -0.122. The molecule has 1 N–H and O–H groups in total. The Bertz CT molecular complexity index is 997. The number of amides is 2. The molecule has 0 atom stereocenters. The van der Waals surface area contributed by atoms with Crippen molar-refractivity contribution >= 4 is 51.9 Å². The standard InChI is InChI=1S/C24H26N2O2S2/c1-4-18-8-10-19(11-9-18)15-21-23(28)26(24(29)30-21)13-5-6-22(27)25-20-12-7-16(2)17(3)14-20/h7-12,14-15H,4-6,13H2,1-3H3,(H,25,27). The lowest BCUT2D eigenvalue weighted by Crippen LogP contribution is -2.29. The SMILES string of the molecule is CCc1ccc(C=C2SC(=S)N(CCCC(=O)Nc3ccc(C)c(C)c3)C2=O)cc1. The van der Waals surface area contributed by atoms with Crippen LogP contribution in [0.5, 0.6) is 0 Å². The van der Waals surface area contributed by atoms with Crippen molar-refractivity contribution in [3.63, 3.8) is 0 Å². The molecule has 2 amide bonds. The van der Waals surface area contributed by atoms with Gasteiger partial charge in [0.2, 0.25) is 5.91 Å². The molecule has 1 aliphatic heterocycles. The molecule has 0 aromatic heterocycles. The van der Waals surface area contributed by atoms with Gasteiger partial charge in [0, 0.05) is 18.7 Å². The van der Waals surface area contributed by atoms with Crippen molar-refractivity contribution in [2.24, 2.45) is 0 Å². The first kappa shape index (κ1) is 22.2. The highest BCUT2D eigenvalue weighted by Gasteiger charge is 2.31. The number of carbonyl (C=O) groups is 2. The van der Waals surface area contributed by atoms with Gasteiger partial charge in [0.25, 0.3) is 5.91 Å². The third kappa shape index (κ3) is 5.58. The summed E-state index contributed by atoms with van der Waals surface area (Å²) in [5.74, 6) is -0.144. The van der Waals surface area contributed by atoms with Crippen molar-refractivity contribution in [3.05, 3.63) is 69.6 Å². The summed E-state index contributed by atoms with van der Waals surface area (Å²) in [5, 5.41) is 2.92. The first-order valence-electron chi connectivity index (χ1n) is 10.1. The highest BCUT2D eigenvalue weighted by atomic mass is 32.2. The van der Waals surface area contributed by atoms with Crippen LogP contribution in [0.1, 0.15) is 42.0 Å². The monoisotopic (exact) mass is 438 g/mol. The fraction of sp³-hybridized carbons (Fsp3) is 0.292. The van der Waals surface area contributed by atoms with Gasteiger partial charge < -0.3 is 5.32 Å². The lowest BCUT2D eigenvalue weighted by atomic mass is 10.1. The third-order valence-electron chi connectivity index (χ3n) is 5.14. The van der Waals surface area contributed by atoms with Gasteiger partial charge in [-0.25, -0.2) is 0 Å². The Morgan fingerprint density at radius 3 is 2.53 bits per heavy atom. The molecule has 0 bridgehead atoms. The normalized spacial score (nSPS) is 15.2. The number of rotatable bonds is 7.